The van der Waals surface area contributed by atoms with Gasteiger partial charge in [0.25, 0.3) is 0 Å². The lowest BCUT2D eigenvalue weighted by Gasteiger charge is -2.23. The van der Waals surface area contributed by atoms with Gasteiger partial charge in [-0.1, -0.05) is 18.2 Å². The number of carbonyl (C=O) groups excluding carboxylic acids is 3. The van der Waals surface area contributed by atoms with Gasteiger partial charge in [-0.25, -0.2) is 4.79 Å². The van der Waals surface area contributed by atoms with Gasteiger partial charge >= 0.3 is 6.09 Å². The molecule has 0 bridgehead atoms. The summed E-state index contributed by atoms with van der Waals surface area (Å²) >= 11 is 0. The van der Waals surface area contributed by atoms with Crippen molar-refractivity contribution < 1.29 is 28.6 Å². The smallest absolute Gasteiger partial charge is 0.419 e. The summed E-state index contributed by atoms with van der Waals surface area (Å²) in [5.41, 5.74) is 1.10. The Kier molecular flexibility index (Phi) is 7.76. The number of para-hydroxylation sites is 1. The normalized spacial score (nSPS) is 16.4. The summed E-state index contributed by atoms with van der Waals surface area (Å²) in [6.07, 6.45) is 3.89. The Morgan fingerprint density at radius 2 is 1.86 bits per heavy atom. The van der Waals surface area contributed by atoms with Crippen molar-refractivity contribution in [1.29, 1.82) is 0 Å². The molecule has 1 saturated heterocycles. The summed E-state index contributed by atoms with van der Waals surface area (Å²) in [5, 5.41) is 3.86. The van der Waals surface area contributed by atoms with Crippen LogP contribution in [0.15, 0.2) is 30.5 Å². The van der Waals surface area contributed by atoms with Crippen molar-refractivity contribution in [3.05, 3.63) is 36.0 Å². The van der Waals surface area contributed by atoms with E-state index in [1.807, 2.05) is 45.0 Å². The maximum Gasteiger partial charge on any atom is 0.419 e. The van der Waals surface area contributed by atoms with Crippen LogP contribution in [0.5, 0.6) is 0 Å². The fraction of sp³-hybridized carbons (Fsp3) is 0.577. The molecule has 0 radical (unpaired) electrons. The van der Waals surface area contributed by atoms with Crippen LogP contribution in [-0.4, -0.2) is 72.1 Å². The zero-order chi connectivity index (χ0) is 25.0. The molecule has 9 nitrogen and oxygen atoms in total. The van der Waals surface area contributed by atoms with E-state index >= 15 is 0 Å². The van der Waals surface area contributed by atoms with Crippen molar-refractivity contribution in [3.63, 3.8) is 0 Å². The van der Waals surface area contributed by atoms with Gasteiger partial charge in [0.05, 0.1) is 25.3 Å². The number of carbonyl (C=O) groups is 3. The van der Waals surface area contributed by atoms with Gasteiger partial charge in [0.15, 0.2) is 6.29 Å². The number of benzene rings is 1. The van der Waals surface area contributed by atoms with Crippen LogP contribution in [0.2, 0.25) is 0 Å². The van der Waals surface area contributed by atoms with Crippen molar-refractivity contribution >= 4 is 28.8 Å². The summed E-state index contributed by atoms with van der Waals surface area (Å²) in [6, 6.07) is 7.63. The van der Waals surface area contributed by atoms with Gasteiger partial charge in [0.1, 0.15) is 5.60 Å². The van der Waals surface area contributed by atoms with Gasteiger partial charge in [-0.05, 0) is 51.7 Å². The quantitative estimate of drug-likeness (QED) is 0.586. The highest BCUT2D eigenvalue weighted by Crippen LogP contribution is 2.31. The van der Waals surface area contributed by atoms with E-state index in [9.17, 15) is 14.4 Å². The molecule has 2 aliphatic rings. The number of fused-ring (bicyclic) bond motifs is 1. The van der Waals surface area contributed by atoms with E-state index in [1.54, 1.807) is 11.1 Å². The average molecular weight is 486 g/mol. The van der Waals surface area contributed by atoms with Crippen molar-refractivity contribution in [1.82, 2.24) is 14.8 Å². The standard InChI is InChI=1S/C26H35N3O6/c1-26(2,3)35-25(32)29-16-19(20-6-4-5-7-21(20)29)10-12-27-22(30)17-28(24(31)18-8-9-18)13-11-23-33-14-15-34-23/h4-7,16,18,23H,8-15,17H2,1-3H3,(H,27,30). The second-order valence-corrected chi connectivity index (χ2v) is 10.1. The molecule has 1 saturated carbocycles. The summed E-state index contributed by atoms with van der Waals surface area (Å²) < 4.78 is 18.0. The molecular weight excluding hydrogens is 450 g/mol. The third kappa shape index (κ3) is 6.82. The first-order chi connectivity index (χ1) is 16.7. The molecule has 1 aromatic heterocycles. The molecule has 2 fully saturated rings. The predicted octanol–water partition coefficient (Wildman–Crippen LogP) is 3.08. The topological polar surface area (TPSA) is 99.1 Å². The molecule has 1 aromatic carbocycles. The van der Waals surface area contributed by atoms with E-state index in [4.69, 9.17) is 14.2 Å². The highest BCUT2D eigenvalue weighted by molar-refractivity contribution is 5.92. The Bertz CT molecular complexity index is 1060. The molecule has 2 amide bonds. The molecule has 0 unspecified atom stereocenters. The van der Waals surface area contributed by atoms with E-state index in [-0.39, 0.29) is 30.6 Å². The highest BCUT2D eigenvalue weighted by atomic mass is 16.7. The Morgan fingerprint density at radius 3 is 2.54 bits per heavy atom. The highest BCUT2D eigenvalue weighted by Gasteiger charge is 2.34. The molecule has 0 atom stereocenters. The van der Waals surface area contributed by atoms with Crippen molar-refractivity contribution in [2.75, 3.05) is 32.8 Å². The molecule has 0 spiro atoms. The number of hydrogen-bond donors (Lipinski definition) is 1. The van der Waals surface area contributed by atoms with Crippen LogP contribution in [0.1, 0.15) is 45.6 Å². The van der Waals surface area contributed by atoms with Crippen LogP contribution in [0.25, 0.3) is 10.9 Å². The largest absolute Gasteiger partial charge is 0.443 e. The van der Waals surface area contributed by atoms with E-state index in [1.165, 1.54) is 4.57 Å². The number of ether oxygens (including phenoxy) is 3. The molecule has 1 N–H and O–H groups in total. The zero-order valence-electron chi connectivity index (χ0n) is 20.7. The second-order valence-electron chi connectivity index (χ2n) is 10.1. The Labute approximate surface area is 205 Å². The third-order valence-electron chi connectivity index (χ3n) is 6.00. The maximum absolute atomic E-state index is 12.7. The lowest BCUT2D eigenvalue weighted by molar-refractivity contribution is -0.138. The lowest BCUT2D eigenvalue weighted by atomic mass is 10.1. The Balaban J connectivity index is 1.34. The number of aromatic nitrogens is 1. The number of rotatable bonds is 9. The molecule has 2 heterocycles. The van der Waals surface area contributed by atoms with Crippen molar-refractivity contribution in [2.45, 2.75) is 58.3 Å². The van der Waals surface area contributed by atoms with Crippen molar-refractivity contribution in [3.8, 4) is 0 Å². The van der Waals surface area contributed by atoms with E-state index in [0.29, 0.717) is 39.1 Å². The van der Waals surface area contributed by atoms with Crippen LogP contribution in [-0.2, 0) is 30.2 Å². The monoisotopic (exact) mass is 485 g/mol. The van der Waals surface area contributed by atoms with Crippen LogP contribution in [0.3, 0.4) is 0 Å². The van der Waals surface area contributed by atoms with Gasteiger partial charge in [0, 0.05) is 37.0 Å². The zero-order valence-corrected chi connectivity index (χ0v) is 20.7. The van der Waals surface area contributed by atoms with Gasteiger partial charge in [-0.15, -0.1) is 0 Å². The average Bonchev–Trinajstić information content (AvgIpc) is 3.39. The van der Waals surface area contributed by atoms with Gasteiger partial charge in [-0.3, -0.25) is 14.2 Å². The first-order valence-corrected chi connectivity index (χ1v) is 12.3. The minimum atomic E-state index is -0.601. The third-order valence-corrected chi connectivity index (χ3v) is 6.00. The fourth-order valence-corrected chi connectivity index (χ4v) is 4.17. The number of nitrogens with one attached hydrogen (secondary N) is 1. The molecule has 9 heteroatoms. The lowest BCUT2D eigenvalue weighted by Crippen LogP contribution is -2.43. The predicted molar refractivity (Wildman–Crippen MR) is 130 cm³/mol. The van der Waals surface area contributed by atoms with Crippen LogP contribution >= 0.6 is 0 Å². The van der Waals surface area contributed by atoms with Gasteiger partial charge in [-0.2, -0.15) is 0 Å². The SMILES string of the molecule is CC(C)(C)OC(=O)n1cc(CCNC(=O)CN(CCC2OCCO2)C(=O)C2CC2)c2ccccc21. The van der Waals surface area contributed by atoms with E-state index < -0.39 is 11.7 Å². The van der Waals surface area contributed by atoms with Crippen LogP contribution in [0.4, 0.5) is 4.79 Å². The fourth-order valence-electron chi connectivity index (χ4n) is 4.17. The summed E-state index contributed by atoms with van der Waals surface area (Å²) in [4.78, 5) is 39.6. The Morgan fingerprint density at radius 1 is 1.14 bits per heavy atom. The minimum absolute atomic E-state index is 0.0156. The van der Waals surface area contributed by atoms with Crippen LogP contribution < -0.4 is 5.32 Å². The molecule has 4 rings (SSSR count). The summed E-state index contributed by atoms with van der Waals surface area (Å²) in [6.45, 7) is 7.45. The molecule has 2 aromatic rings. The second kappa shape index (κ2) is 10.8. The molecule has 1 aliphatic carbocycles. The molecule has 35 heavy (non-hydrogen) atoms. The number of amides is 2. The summed E-state index contributed by atoms with van der Waals surface area (Å²) in [7, 11) is 0. The number of hydrogen-bond acceptors (Lipinski definition) is 6. The first-order valence-electron chi connectivity index (χ1n) is 12.3. The molecule has 1 aliphatic heterocycles. The van der Waals surface area contributed by atoms with Crippen molar-refractivity contribution in [2.24, 2.45) is 5.92 Å². The van der Waals surface area contributed by atoms with Gasteiger partial charge in [0.2, 0.25) is 11.8 Å². The Hall–Kier alpha value is -2.91. The summed E-state index contributed by atoms with van der Waals surface area (Å²) in [5.74, 6) is -0.145. The molecular formula is C26H35N3O6. The van der Waals surface area contributed by atoms with Crippen LogP contribution in [0, 0.1) is 5.92 Å². The van der Waals surface area contributed by atoms with Gasteiger partial charge < -0.3 is 24.4 Å². The van der Waals surface area contributed by atoms with E-state index in [0.717, 1.165) is 29.3 Å². The maximum atomic E-state index is 12.7. The minimum Gasteiger partial charge on any atom is -0.443 e. The van der Waals surface area contributed by atoms with E-state index in [2.05, 4.69) is 5.32 Å². The first kappa shape index (κ1) is 25.2. The molecule has 190 valence electrons. The number of nitrogens with zero attached hydrogens (tertiary/aromatic N) is 2.